The van der Waals surface area contributed by atoms with Crippen LogP contribution in [0.25, 0.3) is 0 Å². The Hall–Kier alpha value is -2.13. The number of carbonyl (C=O) groups is 1. The molecule has 1 atom stereocenters. The van der Waals surface area contributed by atoms with Crippen molar-refractivity contribution in [3.05, 3.63) is 23.9 Å². The normalized spacial score (nSPS) is 27.7. The van der Waals surface area contributed by atoms with E-state index in [1.165, 1.54) is 0 Å². The summed E-state index contributed by atoms with van der Waals surface area (Å²) in [5, 5.41) is 8.93. The molecule has 132 valence electrons. The maximum Gasteiger partial charge on any atom is 0.230 e. The topological polar surface area (TPSA) is 69.5 Å². The highest BCUT2D eigenvalue weighted by Gasteiger charge is 2.50. The van der Waals surface area contributed by atoms with Gasteiger partial charge < -0.3 is 14.5 Å². The minimum absolute atomic E-state index is 0.258. The van der Waals surface area contributed by atoms with Crippen LogP contribution in [0, 0.1) is 16.7 Å². The molecule has 0 aliphatic carbocycles. The largest absolute Gasteiger partial charge is 0.381 e. The highest BCUT2D eigenvalue weighted by atomic mass is 16.5. The molecule has 25 heavy (non-hydrogen) atoms. The van der Waals surface area contributed by atoms with Gasteiger partial charge in [-0.1, -0.05) is 0 Å². The van der Waals surface area contributed by atoms with E-state index in [2.05, 4.69) is 20.9 Å². The first-order valence-electron chi connectivity index (χ1n) is 9.22. The van der Waals surface area contributed by atoms with Gasteiger partial charge in [0.25, 0.3) is 0 Å². The van der Waals surface area contributed by atoms with Gasteiger partial charge in [-0.2, -0.15) is 5.26 Å². The van der Waals surface area contributed by atoms with Crippen molar-refractivity contribution < 1.29 is 9.53 Å². The molecule has 4 heterocycles. The van der Waals surface area contributed by atoms with Gasteiger partial charge in [-0.05, 0) is 44.2 Å². The number of piperidine rings is 1. The molecular weight excluding hydrogens is 316 g/mol. The molecule has 4 rings (SSSR count). The fraction of sp³-hybridized carbons (Fsp3) is 0.632. The minimum Gasteiger partial charge on any atom is -0.381 e. The lowest BCUT2D eigenvalue weighted by molar-refractivity contribution is -0.139. The van der Waals surface area contributed by atoms with Gasteiger partial charge in [-0.15, -0.1) is 0 Å². The summed E-state index contributed by atoms with van der Waals surface area (Å²) >= 11 is 0. The number of nitrogens with zero attached hydrogens (tertiary/aromatic N) is 4. The van der Waals surface area contributed by atoms with Crippen molar-refractivity contribution in [1.29, 1.82) is 5.26 Å². The zero-order chi connectivity index (χ0) is 17.3. The maximum absolute atomic E-state index is 13.3. The predicted molar refractivity (Wildman–Crippen MR) is 93.0 cm³/mol. The van der Waals surface area contributed by atoms with Gasteiger partial charge in [0, 0.05) is 45.1 Å². The monoisotopic (exact) mass is 340 g/mol. The van der Waals surface area contributed by atoms with Crippen molar-refractivity contribution in [2.24, 2.45) is 5.41 Å². The first kappa shape index (κ1) is 16.3. The number of likely N-dealkylation sites (tertiary alicyclic amines) is 1. The highest BCUT2D eigenvalue weighted by Crippen LogP contribution is 2.42. The van der Waals surface area contributed by atoms with Crippen molar-refractivity contribution in [3.8, 4) is 6.07 Å². The quantitative estimate of drug-likeness (QED) is 0.823. The Kier molecular flexibility index (Phi) is 4.34. The van der Waals surface area contributed by atoms with Crippen molar-refractivity contribution in [1.82, 2.24) is 9.88 Å². The third-order valence-corrected chi connectivity index (χ3v) is 5.96. The summed E-state index contributed by atoms with van der Waals surface area (Å²) in [6.45, 7) is 4.07. The fourth-order valence-corrected chi connectivity index (χ4v) is 4.54. The molecule has 3 aliphatic rings. The Bertz CT molecular complexity index is 678. The number of rotatable bonds is 2. The molecule has 1 aromatic heterocycles. The fourth-order valence-electron chi connectivity index (χ4n) is 4.54. The van der Waals surface area contributed by atoms with E-state index >= 15 is 0 Å². The average molecular weight is 340 g/mol. The van der Waals surface area contributed by atoms with E-state index in [0.29, 0.717) is 17.5 Å². The van der Waals surface area contributed by atoms with Crippen molar-refractivity contribution >= 4 is 11.7 Å². The second-order valence-electron chi connectivity index (χ2n) is 7.41. The number of hydrogen-bond donors (Lipinski definition) is 0. The first-order chi connectivity index (χ1) is 12.2. The molecule has 0 aromatic carbocycles. The van der Waals surface area contributed by atoms with E-state index in [1.807, 2.05) is 6.07 Å². The van der Waals surface area contributed by atoms with Gasteiger partial charge in [0.15, 0.2) is 0 Å². The molecule has 3 fully saturated rings. The van der Waals surface area contributed by atoms with E-state index in [9.17, 15) is 4.79 Å². The van der Waals surface area contributed by atoms with Crippen molar-refractivity contribution in [3.63, 3.8) is 0 Å². The third-order valence-electron chi connectivity index (χ3n) is 5.96. The van der Waals surface area contributed by atoms with Gasteiger partial charge in [0.1, 0.15) is 11.9 Å². The number of amides is 1. The van der Waals surface area contributed by atoms with Crippen LogP contribution in [0.15, 0.2) is 18.3 Å². The number of nitriles is 1. The standard InChI is InChI=1S/C19H24N4O2/c20-12-15-2-3-17(21-13-15)22-8-1-6-19(14-22)7-9-23(18(19)24)16-4-10-25-11-5-16/h2-3,13,16H,1,4-11,14H2/t19-/m0/s1. The van der Waals surface area contributed by atoms with Crippen molar-refractivity contribution in [2.75, 3.05) is 37.7 Å². The van der Waals surface area contributed by atoms with Gasteiger partial charge >= 0.3 is 0 Å². The molecule has 3 saturated heterocycles. The molecule has 0 radical (unpaired) electrons. The Balaban J connectivity index is 1.50. The van der Waals surface area contributed by atoms with E-state index in [4.69, 9.17) is 10.00 Å². The molecule has 0 bridgehead atoms. The van der Waals surface area contributed by atoms with Gasteiger partial charge in [0.05, 0.1) is 11.0 Å². The third kappa shape index (κ3) is 2.98. The Morgan fingerprint density at radius 1 is 1.24 bits per heavy atom. The molecule has 0 unspecified atom stereocenters. The lowest BCUT2D eigenvalue weighted by atomic mass is 9.78. The lowest BCUT2D eigenvalue weighted by Crippen LogP contribution is -2.50. The molecule has 0 saturated carbocycles. The van der Waals surface area contributed by atoms with Crippen LogP contribution in [-0.4, -0.2) is 54.7 Å². The molecule has 0 N–H and O–H groups in total. The summed E-state index contributed by atoms with van der Waals surface area (Å²) in [5.74, 6) is 1.20. The minimum atomic E-state index is -0.258. The first-order valence-corrected chi connectivity index (χ1v) is 9.22. The number of hydrogen-bond acceptors (Lipinski definition) is 5. The number of anilines is 1. The second-order valence-corrected chi connectivity index (χ2v) is 7.41. The number of aromatic nitrogens is 1. The predicted octanol–water partition coefficient (Wildman–Crippen LogP) is 1.95. The summed E-state index contributed by atoms with van der Waals surface area (Å²) in [7, 11) is 0. The van der Waals surface area contributed by atoms with Crippen LogP contribution in [0.3, 0.4) is 0 Å². The van der Waals surface area contributed by atoms with E-state index in [1.54, 1.807) is 12.3 Å². The average Bonchev–Trinajstić information content (AvgIpc) is 2.98. The zero-order valence-electron chi connectivity index (χ0n) is 14.5. The summed E-state index contributed by atoms with van der Waals surface area (Å²) in [6.07, 6.45) is 6.45. The molecule has 3 aliphatic heterocycles. The van der Waals surface area contributed by atoms with E-state index in [-0.39, 0.29) is 5.41 Å². The van der Waals surface area contributed by atoms with Gasteiger partial charge in [0.2, 0.25) is 5.91 Å². The maximum atomic E-state index is 13.3. The van der Waals surface area contributed by atoms with Crippen molar-refractivity contribution in [2.45, 2.75) is 38.1 Å². The van der Waals surface area contributed by atoms with Crippen LogP contribution in [0.4, 0.5) is 5.82 Å². The number of carbonyl (C=O) groups excluding carboxylic acids is 1. The summed E-state index contributed by atoms with van der Waals surface area (Å²) in [5.41, 5.74) is 0.310. The summed E-state index contributed by atoms with van der Waals surface area (Å²) in [4.78, 5) is 22.0. The highest BCUT2D eigenvalue weighted by molar-refractivity contribution is 5.86. The zero-order valence-corrected chi connectivity index (χ0v) is 14.5. The van der Waals surface area contributed by atoms with Crippen LogP contribution < -0.4 is 4.90 Å². The van der Waals surface area contributed by atoms with E-state index in [0.717, 1.165) is 70.8 Å². The summed E-state index contributed by atoms with van der Waals surface area (Å²) < 4.78 is 5.45. The molecule has 1 amide bonds. The number of pyridine rings is 1. The SMILES string of the molecule is N#Cc1ccc(N2CCC[C@]3(CCN(C4CCOCC4)C3=O)C2)nc1. The Labute approximate surface area is 148 Å². The lowest BCUT2D eigenvalue weighted by Gasteiger charge is -2.40. The number of ether oxygens (including phenoxy) is 1. The summed E-state index contributed by atoms with van der Waals surface area (Å²) in [6, 6.07) is 6.15. The molecule has 1 spiro atoms. The van der Waals surface area contributed by atoms with Crippen LogP contribution >= 0.6 is 0 Å². The molecule has 1 aromatic rings. The van der Waals surface area contributed by atoms with E-state index < -0.39 is 0 Å². The Morgan fingerprint density at radius 2 is 2.08 bits per heavy atom. The Morgan fingerprint density at radius 3 is 2.80 bits per heavy atom. The van der Waals surface area contributed by atoms with Crippen LogP contribution in [-0.2, 0) is 9.53 Å². The molecule has 6 nitrogen and oxygen atoms in total. The molecular formula is C19H24N4O2. The van der Waals surface area contributed by atoms with Crippen LogP contribution in [0.1, 0.15) is 37.7 Å². The van der Waals surface area contributed by atoms with Crippen LogP contribution in [0.5, 0.6) is 0 Å². The van der Waals surface area contributed by atoms with Gasteiger partial charge in [-0.25, -0.2) is 4.98 Å². The second kappa shape index (κ2) is 6.64. The van der Waals surface area contributed by atoms with Gasteiger partial charge in [-0.3, -0.25) is 4.79 Å². The smallest absolute Gasteiger partial charge is 0.230 e. The van der Waals surface area contributed by atoms with Crippen LogP contribution in [0.2, 0.25) is 0 Å². The molecule has 6 heteroatoms.